The normalized spacial score (nSPS) is 10.4. The van der Waals surface area contributed by atoms with Gasteiger partial charge in [-0.05, 0) is 31.2 Å². The number of aliphatic hydroxyl groups excluding tert-OH is 1. The van der Waals surface area contributed by atoms with Gasteiger partial charge in [0.15, 0.2) is 0 Å². The second kappa shape index (κ2) is 5.61. The quantitative estimate of drug-likeness (QED) is 0.893. The Morgan fingerprint density at radius 3 is 2.44 bits per heavy atom. The largest absolute Gasteiger partial charge is 0.455 e. The molecule has 18 heavy (non-hydrogen) atoms. The lowest BCUT2D eigenvalue weighted by atomic mass is 10.1. The predicted octanol–water partition coefficient (Wildman–Crippen LogP) is 4.59. The fraction of sp³-hybridized carbons (Fsp3) is 0.143. The molecule has 0 amide bonds. The third-order valence-corrected chi connectivity index (χ3v) is 3.03. The summed E-state index contributed by atoms with van der Waals surface area (Å²) < 4.78 is 5.69. The molecule has 2 aromatic rings. The average molecular weight is 283 g/mol. The van der Waals surface area contributed by atoms with Crippen molar-refractivity contribution in [3.8, 4) is 11.5 Å². The number of hydrogen-bond donors (Lipinski definition) is 1. The van der Waals surface area contributed by atoms with Gasteiger partial charge >= 0.3 is 0 Å². The Hall–Kier alpha value is -1.22. The molecule has 0 aliphatic rings. The summed E-state index contributed by atoms with van der Waals surface area (Å²) in [6.45, 7) is 1.88. The molecule has 0 saturated heterocycles. The van der Waals surface area contributed by atoms with Crippen molar-refractivity contribution in [3.05, 3.63) is 57.6 Å². The van der Waals surface area contributed by atoms with Gasteiger partial charge in [0, 0.05) is 10.6 Å². The van der Waals surface area contributed by atoms with E-state index in [4.69, 9.17) is 27.9 Å². The molecule has 0 radical (unpaired) electrons. The van der Waals surface area contributed by atoms with Crippen molar-refractivity contribution < 1.29 is 9.84 Å². The van der Waals surface area contributed by atoms with Gasteiger partial charge in [-0.15, -0.1) is 0 Å². The molecule has 0 aliphatic carbocycles. The van der Waals surface area contributed by atoms with E-state index < -0.39 is 0 Å². The topological polar surface area (TPSA) is 29.5 Å². The third-order valence-electron chi connectivity index (χ3n) is 2.50. The summed E-state index contributed by atoms with van der Waals surface area (Å²) in [5.74, 6) is 1.10. The molecule has 0 fully saturated rings. The molecular weight excluding hydrogens is 271 g/mol. The van der Waals surface area contributed by atoms with Crippen LogP contribution < -0.4 is 4.74 Å². The van der Waals surface area contributed by atoms with Crippen LogP contribution in [-0.4, -0.2) is 5.11 Å². The Bertz CT molecular complexity index is 568. The highest BCUT2D eigenvalue weighted by Gasteiger charge is 2.08. The van der Waals surface area contributed by atoms with E-state index >= 15 is 0 Å². The Labute approximate surface area is 116 Å². The summed E-state index contributed by atoms with van der Waals surface area (Å²) in [7, 11) is 0. The van der Waals surface area contributed by atoms with Gasteiger partial charge in [-0.2, -0.15) is 0 Å². The summed E-state index contributed by atoms with van der Waals surface area (Å²) in [6, 6.07) is 10.6. The molecule has 0 saturated carbocycles. The monoisotopic (exact) mass is 282 g/mol. The predicted molar refractivity (Wildman–Crippen MR) is 73.6 cm³/mol. The number of aliphatic hydroxyl groups is 1. The molecule has 0 unspecified atom stereocenters. The molecule has 0 aliphatic heterocycles. The maximum Gasteiger partial charge on any atom is 0.146 e. The smallest absolute Gasteiger partial charge is 0.146 e. The van der Waals surface area contributed by atoms with E-state index in [-0.39, 0.29) is 6.61 Å². The minimum atomic E-state index is -0.0811. The van der Waals surface area contributed by atoms with E-state index in [9.17, 15) is 5.11 Å². The lowest BCUT2D eigenvalue weighted by Crippen LogP contribution is -1.93. The molecule has 0 atom stereocenters. The number of benzene rings is 2. The van der Waals surface area contributed by atoms with Gasteiger partial charge in [0.2, 0.25) is 0 Å². The van der Waals surface area contributed by atoms with Crippen molar-refractivity contribution in [3.63, 3.8) is 0 Å². The van der Waals surface area contributed by atoms with Gasteiger partial charge in [-0.1, -0.05) is 40.9 Å². The summed E-state index contributed by atoms with van der Waals surface area (Å²) in [5.41, 5.74) is 1.79. The first-order valence-electron chi connectivity index (χ1n) is 5.43. The first-order valence-corrected chi connectivity index (χ1v) is 6.19. The summed E-state index contributed by atoms with van der Waals surface area (Å²) in [4.78, 5) is 0. The van der Waals surface area contributed by atoms with Crippen molar-refractivity contribution in [1.82, 2.24) is 0 Å². The van der Waals surface area contributed by atoms with E-state index in [0.717, 1.165) is 11.1 Å². The summed E-state index contributed by atoms with van der Waals surface area (Å²) in [6.07, 6.45) is 0. The van der Waals surface area contributed by atoms with Crippen LogP contribution in [0.2, 0.25) is 10.0 Å². The first kappa shape index (κ1) is 13.2. The summed E-state index contributed by atoms with van der Waals surface area (Å²) in [5, 5.41) is 10.3. The number of hydrogen-bond acceptors (Lipinski definition) is 2. The van der Waals surface area contributed by atoms with Crippen molar-refractivity contribution in [2.45, 2.75) is 13.5 Å². The van der Waals surface area contributed by atoms with Gasteiger partial charge in [-0.3, -0.25) is 0 Å². The Morgan fingerprint density at radius 2 is 1.78 bits per heavy atom. The lowest BCUT2D eigenvalue weighted by molar-refractivity contribution is 0.276. The highest BCUT2D eigenvalue weighted by molar-refractivity contribution is 6.35. The molecular formula is C14H12Cl2O2. The zero-order valence-electron chi connectivity index (χ0n) is 9.78. The van der Waals surface area contributed by atoms with Crippen molar-refractivity contribution in [1.29, 1.82) is 0 Å². The van der Waals surface area contributed by atoms with Crippen LogP contribution in [0.25, 0.3) is 0 Å². The van der Waals surface area contributed by atoms with Crippen LogP contribution in [-0.2, 0) is 6.61 Å². The van der Waals surface area contributed by atoms with Crippen LogP contribution in [0, 0.1) is 6.92 Å². The van der Waals surface area contributed by atoms with Crippen LogP contribution in [0.5, 0.6) is 11.5 Å². The van der Waals surface area contributed by atoms with Gasteiger partial charge < -0.3 is 9.84 Å². The van der Waals surface area contributed by atoms with E-state index in [0.29, 0.717) is 21.5 Å². The molecule has 2 aromatic carbocycles. The zero-order chi connectivity index (χ0) is 13.1. The maximum absolute atomic E-state index is 9.30. The molecule has 4 heteroatoms. The molecule has 2 nitrogen and oxygen atoms in total. The highest BCUT2D eigenvalue weighted by Crippen LogP contribution is 2.33. The Morgan fingerprint density at radius 1 is 1.06 bits per heavy atom. The zero-order valence-corrected chi connectivity index (χ0v) is 11.3. The van der Waals surface area contributed by atoms with Crippen molar-refractivity contribution >= 4 is 23.2 Å². The minimum Gasteiger partial charge on any atom is -0.455 e. The van der Waals surface area contributed by atoms with Crippen LogP contribution in [0.15, 0.2) is 36.4 Å². The molecule has 1 N–H and O–H groups in total. The van der Waals surface area contributed by atoms with Crippen LogP contribution in [0.4, 0.5) is 0 Å². The first-order chi connectivity index (χ1) is 8.60. The standard InChI is InChI=1S/C14H12Cl2O2/c1-9-2-4-13(10(6-9)8-17)18-14-5-3-11(15)7-12(14)16/h2-7,17H,8H2,1H3. The van der Waals surface area contributed by atoms with Gasteiger partial charge in [0.25, 0.3) is 0 Å². The van der Waals surface area contributed by atoms with Crippen molar-refractivity contribution in [2.75, 3.05) is 0 Å². The van der Waals surface area contributed by atoms with E-state index in [2.05, 4.69) is 0 Å². The number of aryl methyl sites for hydroxylation is 1. The molecule has 0 spiro atoms. The van der Waals surface area contributed by atoms with E-state index in [1.54, 1.807) is 18.2 Å². The van der Waals surface area contributed by atoms with Crippen LogP contribution in [0.1, 0.15) is 11.1 Å². The van der Waals surface area contributed by atoms with E-state index in [1.165, 1.54) is 0 Å². The number of rotatable bonds is 3. The van der Waals surface area contributed by atoms with Crippen LogP contribution >= 0.6 is 23.2 Å². The second-order valence-corrected chi connectivity index (χ2v) is 4.79. The fourth-order valence-corrected chi connectivity index (χ4v) is 2.05. The number of ether oxygens (including phenoxy) is 1. The Kier molecular flexibility index (Phi) is 4.12. The third kappa shape index (κ3) is 2.96. The average Bonchev–Trinajstić information content (AvgIpc) is 2.34. The molecule has 2 rings (SSSR count). The number of halogens is 2. The SMILES string of the molecule is Cc1ccc(Oc2ccc(Cl)cc2Cl)c(CO)c1. The maximum atomic E-state index is 9.30. The summed E-state index contributed by atoms with van der Waals surface area (Å²) >= 11 is 11.9. The fourth-order valence-electron chi connectivity index (χ4n) is 1.61. The van der Waals surface area contributed by atoms with Crippen molar-refractivity contribution in [2.24, 2.45) is 0 Å². The van der Waals surface area contributed by atoms with E-state index in [1.807, 2.05) is 25.1 Å². The van der Waals surface area contributed by atoms with Crippen LogP contribution in [0.3, 0.4) is 0 Å². The second-order valence-electron chi connectivity index (χ2n) is 3.95. The van der Waals surface area contributed by atoms with Gasteiger partial charge in [-0.25, -0.2) is 0 Å². The molecule has 94 valence electrons. The van der Waals surface area contributed by atoms with Gasteiger partial charge in [0.1, 0.15) is 11.5 Å². The molecule has 0 heterocycles. The molecule has 0 bridgehead atoms. The highest BCUT2D eigenvalue weighted by atomic mass is 35.5. The molecule has 0 aromatic heterocycles. The Balaban J connectivity index is 2.33. The van der Waals surface area contributed by atoms with Gasteiger partial charge in [0.05, 0.1) is 11.6 Å². The lowest BCUT2D eigenvalue weighted by Gasteiger charge is -2.11. The minimum absolute atomic E-state index is 0.0811.